The van der Waals surface area contributed by atoms with E-state index < -0.39 is 21.0 Å². The van der Waals surface area contributed by atoms with Crippen molar-refractivity contribution in [1.29, 1.82) is 0 Å². The van der Waals surface area contributed by atoms with E-state index in [4.69, 9.17) is 0 Å². The molecule has 0 amide bonds. The molecule has 0 aliphatic carbocycles. The van der Waals surface area contributed by atoms with Gasteiger partial charge in [-0.15, -0.1) is 0 Å². The van der Waals surface area contributed by atoms with Crippen molar-refractivity contribution in [3.05, 3.63) is 32.9 Å². The number of hydrogen-bond donors (Lipinski definition) is 0. The summed E-state index contributed by atoms with van der Waals surface area (Å²) in [5.41, 5.74) is 1.65. The van der Waals surface area contributed by atoms with Crippen LogP contribution in [0.1, 0.15) is 11.1 Å². The van der Waals surface area contributed by atoms with E-state index in [2.05, 4.69) is 0 Å². The van der Waals surface area contributed by atoms with Crippen molar-refractivity contribution >= 4 is 21.0 Å². The molecular weight excluding hydrogens is 261 g/mol. The molecule has 0 saturated carbocycles. The Balaban J connectivity index is 3.13. The Hall–Kier alpha value is -0.190. The first-order valence-electron chi connectivity index (χ1n) is 3.21. The molecule has 62 valence electrons. The van der Waals surface area contributed by atoms with Crippen molar-refractivity contribution in [2.45, 2.75) is 13.8 Å². The van der Waals surface area contributed by atoms with Crippen LogP contribution in [0.2, 0.25) is 0 Å². The molecule has 0 spiro atoms. The van der Waals surface area contributed by atoms with E-state index >= 15 is 0 Å². The molecule has 1 rings (SSSR count). The molecule has 1 aromatic rings. The summed E-state index contributed by atoms with van der Waals surface area (Å²) in [5, 5.41) is 0. The van der Waals surface area contributed by atoms with E-state index in [-0.39, 0.29) is 0 Å². The Morgan fingerprint density at radius 1 is 1.18 bits per heavy atom. The van der Waals surface area contributed by atoms with Crippen molar-refractivity contribution in [2.24, 2.45) is 0 Å². The van der Waals surface area contributed by atoms with E-state index in [0.29, 0.717) is 3.57 Å². The van der Waals surface area contributed by atoms with Crippen LogP contribution in [0.3, 0.4) is 0 Å². The van der Waals surface area contributed by atoms with Crippen LogP contribution in [0.25, 0.3) is 0 Å². The minimum atomic E-state index is -3.76. The maximum absolute atomic E-state index is 12.4. The third kappa shape index (κ3) is 2.12. The summed E-state index contributed by atoms with van der Waals surface area (Å²) < 4.78 is 25.0. The van der Waals surface area contributed by atoms with Crippen molar-refractivity contribution in [3.8, 4) is 0 Å². The summed E-state index contributed by atoms with van der Waals surface area (Å²) in [5.74, 6) is 0. The van der Waals surface area contributed by atoms with E-state index in [0.717, 1.165) is 11.1 Å². The third-order valence-electron chi connectivity index (χ3n) is 1.48. The first-order valence-corrected chi connectivity index (χ1v) is 5.92. The Bertz CT molecular complexity index is 258. The van der Waals surface area contributed by atoms with Crippen LogP contribution < -0.4 is 0 Å². The Morgan fingerprint density at radius 2 is 1.82 bits per heavy atom. The van der Waals surface area contributed by atoms with Gasteiger partial charge in [0, 0.05) is 0 Å². The van der Waals surface area contributed by atoms with Crippen LogP contribution >= 0.6 is 21.0 Å². The first kappa shape index (κ1) is 8.90. The van der Waals surface area contributed by atoms with Gasteiger partial charge in [-0.05, 0) is 0 Å². The van der Waals surface area contributed by atoms with E-state index in [1.54, 1.807) is 19.1 Å². The predicted octanol–water partition coefficient (Wildman–Crippen LogP) is 3.75. The molecule has 0 heterocycles. The van der Waals surface area contributed by atoms with Crippen molar-refractivity contribution in [2.75, 3.05) is 0 Å². The van der Waals surface area contributed by atoms with Gasteiger partial charge in [-0.25, -0.2) is 0 Å². The van der Waals surface area contributed by atoms with Crippen LogP contribution in [0.5, 0.6) is 0 Å². The molecule has 11 heavy (non-hydrogen) atoms. The zero-order chi connectivity index (χ0) is 8.43. The van der Waals surface area contributed by atoms with Crippen LogP contribution in [0.4, 0.5) is 5.72 Å². The van der Waals surface area contributed by atoms with Crippen LogP contribution in [0.15, 0.2) is 18.2 Å². The van der Waals surface area contributed by atoms with Gasteiger partial charge >= 0.3 is 73.4 Å². The quantitative estimate of drug-likeness (QED) is 0.682. The molecule has 0 aliphatic rings. The summed E-state index contributed by atoms with van der Waals surface area (Å²) >= 11 is -3.76. The second-order valence-corrected chi connectivity index (χ2v) is 4.74. The fraction of sp³-hybridized carbons (Fsp3) is 0.250. The maximum atomic E-state index is 12.4. The van der Waals surface area contributed by atoms with Gasteiger partial charge in [0.2, 0.25) is 0 Å². The average molecular weight is 270 g/mol. The Kier molecular flexibility index (Phi) is 2.81. The standard InChI is InChI=1S/C8H9F2I/c1-6-3-4-7(2)8(5-6)11(9)10/h3-5H,1-2H3. The van der Waals surface area contributed by atoms with Crippen LogP contribution in [0, 0.1) is 17.4 Å². The first-order chi connectivity index (χ1) is 5.11. The molecule has 0 saturated heterocycles. The fourth-order valence-corrected chi connectivity index (χ4v) is 2.40. The van der Waals surface area contributed by atoms with Gasteiger partial charge in [-0.3, -0.25) is 0 Å². The topological polar surface area (TPSA) is 0 Å². The second kappa shape index (κ2) is 3.47. The Labute approximate surface area is 73.6 Å². The molecule has 0 unspecified atom stereocenters. The van der Waals surface area contributed by atoms with Gasteiger partial charge in [-0.1, -0.05) is 0 Å². The number of aryl methyl sites for hydroxylation is 2. The third-order valence-corrected chi connectivity index (χ3v) is 3.52. The molecular formula is C8H9F2I. The second-order valence-electron chi connectivity index (χ2n) is 2.45. The molecule has 0 radical (unpaired) electrons. The number of rotatable bonds is 1. The van der Waals surface area contributed by atoms with Gasteiger partial charge in [0.25, 0.3) is 0 Å². The molecule has 0 nitrogen and oxygen atoms in total. The fourth-order valence-electron chi connectivity index (χ4n) is 0.852. The molecule has 0 atom stereocenters. The summed E-state index contributed by atoms with van der Waals surface area (Å²) in [6, 6.07) is 5.22. The average Bonchev–Trinajstić information content (AvgIpc) is 1.94. The molecule has 0 aliphatic heterocycles. The predicted molar refractivity (Wildman–Crippen MR) is 50.8 cm³/mol. The molecule has 1 aromatic carbocycles. The van der Waals surface area contributed by atoms with Crippen molar-refractivity contribution in [3.63, 3.8) is 0 Å². The monoisotopic (exact) mass is 270 g/mol. The van der Waals surface area contributed by atoms with Crippen molar-refractivity contribution in [1.82, 2.24) is 0 Å². The summed E-state index contributed by atoms with van der Waals surface area (Å²) in [4.78, 5) is 0. The zero-order valence-corrected chi connectivity index (χ0v) is 8.52. The van der Waals surface area contributed by atoms with Crippen LogP contribution in [-0.4, -0.2) is 0 Å². The molecule has 0 bridgehead atoms. The van der Waals surface area contributed by atoms with Crippen LogP contribution in [-0.2, 0) is 0 Å². The normalized spacial score (nSPS) is 11.5. The SMILES string of the molecule is Cc1ccc(C)c(I(F)F)c1. The number of hydrogen-bond acceptors (Lipinski definition) is 0. The van der Waals surface area contributed by atoms with Gasteiger partial charge in [0.15, 0.2) is 0 Å². The molecule has 0 fully saturated rings. The van der Waals surface area contributed by atoms with Gasteiger partial charge < -0.3 is 0 Å². The van der Waals surface area contributed by atoms with Gasteiger partial charge in [-0.2, -0.15) is 0 Å². The number of benzene rings is 1. The van der Waals surface area contributed by atoms with E-state index in [9.17, 15) is 5.72 Å². The van der Waals surface area contributed by atoms with Gasteiger partial charge in [0.05, 0.1) is 0 Å². The summed E-state index contributed by atoms with van der Waals surface area (Å²) in [7, 11) is 0. The summed E-state index contributed by atoms with van der Waals surface area (Å²) in [6.07, 6.45) is 0. The zero-order valence-electron chi connectivity index (χ0n) is 6.37. The van der Waals surface area contributed by atoms with Crippen molar-refractivity contribution < 1.29 is 5.72 Å². The molecule has 3 heteroatoms. The minimum absolute atomic E-state index is 0.300. The number of halogens is 3. The van der Waals surface area contributed by atoms with E-state index in [1.165, 1.54) is 0 Å². The Morgan fingerprint density at radius 3 is 2.27 bits per heavy atom. The summed E-state index contributed by atoms with van der Waals surface area (Å²) in [6.45, 7) is 3.57. The van der Waals surface area contributed by atoms with Gasteiger partial charge in [0.1, 0.15) is 0 Å². The molecule has 0 N–H and O–H groups in total. The van der Waals surface area contributed by atoms with E-state index in [1.807, 2.05) is 13.0 Å². The molecule has 0 aromatic heterocycles.